The van der Waals surface area contributed by atoms with Crippen molar-refractivity contribution in [1.82, 2.24) is 0 Å². The maximum absolute atomic E-state index is 13.0. The van der Waals surface area contributed by atoms with Gasteiger partial charge in [-0.15, -0.1) is 11.3 Å². The van der Waals surface area contributed by atoms with Crippen molar-refractivity contribution in [2.45, 2.75) is 25.2 Å². The fourth-order valence-electron chi connectivity index (χ4n) is 3.52. The second-order valence-corrected chi connectivity index (χ2v) is 9.61. The number of fused-ring (bicyclic) bond motifs is 1. The molecule has 3 aromatic rings. The van der Waals surface area contributed by atoms with Crippen molar-refractivity contribution < 1.29 is 17.9 Å². The van der Waals surface area contributed by atoms with Gasteiger partial charge in [0, 0.05) is 17.9 Å². The Bertz CT molecular complexity index is 1190. The summed E-state index contributed by atoms with van der Waals surface area (Å²) in [5.41, 5.74) is 3.05. The molecule has 1 aromatic heterocycles. The van der Waals surface area contributed by atoms with Crippen molar-refractivity contribution >= 4 is 38.6 Å². The monoisotopic (exact) mass is 442 g/mol. The topological polar surface area (TPSA) is 75.7 Å². The quantitative estimate of drug-likeness (QED) is 0.612. The van der Waals surface area contributed by atoms with Crippen LogP contribution in [0.4, 0.5) is 11.4 Å². The number of anilines is 2. The molecule has 0 radical (unpaired) electrons. The Balaban J connectivity index is 1.60. The number of nitrogens with one attached hydrogen (secondary N) is 1. The summed E-state index contributed by atoms with van der Waals surface area (Å²) >= 11 is 1.41. The van der Waals surface area contributed by atoms with E-state index in [2.05, 4.69) is 4.72 Å². The van der Waals surface area contributed by atoms with Crippen molar-refractivity contribution in [1.29, 1.82) is 0 Å². The second kappa shape index (κ2) is 8.12. The summed E-state index contributed by atoms with van der Waals surface area (Å²) in [5.74, 6) is 0.294. The second-order valence-electron chi connectivity index (χ2n) is 7.02. The molecule has 0 atom stereocenters. The zero-order valence-corrected chi connectivity index (χ0v) is 18.3. The molecule has 156 valence electrons. The van der Waals surface area contributed by atoms with Crippen LogP contribution in [0.25, 0.3) is 0 Å². The molecule has 0 fully saturated rings. The Morgan fingerprint density at radius 3 is 2.77 bits per heavy atom. The van der Waals surface area contributed by atoms with Crippen LogP contribution < -0.4 is 14.4 Å². The number of hydrogen-bond acceptors (Lipinski definition) is 5. The van der Waals surface area contributed by atoms with Gasteiger partial charge in [0.15, 0.2) is 0 Å². The SMILES string of the molecule is CCOc1ccc(C)cc1S(=O)(=O)Nc1ccc2c(c1)CCN2C(=O)c1cccs1. The lowest BCUT2D eigenvalue weighted by Gasteiger charge is -2.17. The van der Waals surface area contributed by atoms with E-state index in [0.29, 0.717) is 35.9 Å². The molecule has 2 aromatic carbocycles. The van der Waals surface area contributed by atoms with Gasteiger partial charge in [0.25, 0.3) is 15.9 Å². The summed E-state index contributed by atoms with van der Waals surface area (Å²) in [5, 5.41) is 1.88. The number of carbonyl (C=O) groups is 1. The van der Waals surface area contributed by atoms with Gasteiger partial charge in [0.2, 0.25) is 0 Å². The zero-order valence-electron chi connectivity index (χ0n) is 16.7. The lowest BCUT2D eigenvalue weighted by atomic mass is 10.1. The molecule has 0 saturated heterocycles. The first-order valence-corrected chi connectivity index (χ1v) is 12.0. The smallest absolute Gasteiger partial charge is 0.268 e. The minimum Gasteiger partial charge on any atom is -0.492 e. The van der Waals surface area contributed by atoms with E-state index in [1.165, 1.54) is 11.3 Å². The molecule has 1 aliphatic heterocycles. The molecule has 2 heterocycles. The molecular weight excluding hydrogens is 420 g/mol. The molecule has 1 aliphatic rings. The highest BCUT2D eigenvalue weighted by atomic mass is 32.2. The molecule has 0 spiro atoms. The third-order valence-electron chi connectivity index (χ3n) is 4.89. The highest BCUT2D eigenvalue weighted by Crippen LogP contribution is 2.34. The molecule has 0 saturated carbocycles. The third kappa shape index (κ3) is 3.93. The minimum absolute atomic E-state index is 0.0294. The van der Waals surface area contributed by atoms with Gasteiger partial charge in [-0.3, -0.25) is 9.52 Å². The molecule has 0 unspecified atom stereocenters. The first kappa shape index (κ1) is 20.4. The first-order chi connectivity index (χ1) is 14.4. The Kier molecular flexibility index (Phi) is 5.53. The molecular formula is C22H22N2O4S2. The van der Waals surface area contributed by atoms with E-state index >= 15 is 0 Å². The third-order valence-corrected chi connectivity index (χ3v) is 7.15. The van der Waals surface area contributed by atoms with Gasteiger partial charge in [-0.2, -0.15) is 0 Å². The summed E-state index contributed by atoms with van der Waals surface area (Å²) in [4.78, 5) is 15.3. The van der Waals surface area contributed by atoms with Gasteiger partial charge >= 0.3 is 0 Å². The molecule has 8 heteroatoms. The molecule has 0 aliphatic carbocycles. The summed E-state index contributed by atoms with van der Waals surface area (Å²) in [6.07, 6.45) is 0.677. The van der Waals surface area contributed by atoms with Crippen LogP contribution in [-0.4, -0.2) is 27.5 Å². The average Bonchev–Trinajstić information content (AvgIpc) is 3.38. The normalized spacial score (nSPS) is 13.2. The number of amides is 1. The maximum atomic E-state index is 13.0. The lowest BCUT2D eigenvalue weighted by molar-refractivity contribution is 0.0993. The van der Waals surface area contributed by atoms with Crippen molar-refractivity contribution in [3.8, 4) is 5.75 Å². The van der Waals surface area contributed by atoms with Crippen LogP contribution in [0, 0.1) is 6.92 Å². The molecule has 1 N–H and O–H groups in total. The predicted octanol–water partition coefficient (Wildman–Crippen LogP) is 4.46. The fourth-order valence-corrected chi connectivity index (χ4v) is 5.47. The number of hydrogen-bond donors (Lipinski definition) is 1. The van der Waals surface area contributed by atoms with E-state index in [9.17, 15) is 13.2 Å². The number of carbonyl (C=O) groups excluding carboxylic acids is 1. The van der Waals surface area contributed by atoms with Crippen LogP contribution in [0.5, 0.6) is 5.75 Å². The number of nitrogens with zero attached hydrogens (tertiary/aromatic N) is 1. The number of aryl methyl sites for hydroxylation is 1. The minimum atomic E-state index is -3.83. The van der Waals surface area contributed by atoms with Crippen molar-refractivity contribution in [3.05, 3.63) is 69.9 Å². The number of thiophene rings is 1. The van der Waals surface area contributed by atoms with Gasteiger partial charge in [-0.05, 0) is 73.2 Å². The van der Waals surface area contributed by atoms with Crippen LogP contribution in [0.3, 0.4) is 0 Å². The van der Waals surface area contributed by atoms with Crippen molar-refractivity contribution in [2.75, 3.05) is 22.8 Å². The average molecular weight is 443 g/mol. The number of benzene rings is 2. The van der Waals surface area contributed by atoms with E-state index in [4.69, 9.17) is 4.74 Å². The standard InChI is InChI=1S/C22H22N2O4S2/c1-3-28-19-9-6-15(2)13-21(19)30(26,27)23-17-7-8-18-16(14-17)10-11-24(18)22(25)20-5-4-12-29-20/h4-9,12-14,23H,3,10-11H2,1-2H3. The number of rotatable bonds is 6. The van der Waals surface area contributed by atoms with Gasteiger partial charge in [-0.1, -0.05) is 12.1 Å². The first-order valence-electron chi connectivity index (χ1n) is 9.63. The van der Waals surface area contributed by atoms with Crippen LogP contribution in [-0.2, 0) is 16.4 Å². The highest BCUT2D eigenvalue weighted by molar-refractivity contribution is 7.92. The number of ether oxygens (including phenoxy) is 1. The van der Waals surface area contributed by atoms with Gasteiger partial charge in [0.1, 0.15) is 10.6 Å². The highest BCUT2D eigenvalue weighted by Gasteiger charge is 2.27. The Morgan fingerprint density at radius 2 is 2.03 bits per heavy atom. The Morgan fingerprint density at radius 1 is 1.20 bits per heavy atom. The van der Waals surface area contributed by atoms with Crippen molar-refractivity contribution in [3.63, 3.8) is 0 Å². The number of sulfonamides is 1. The van der Waals surface area contributed by atoms with Crippen LogP contribution >= 0.6 is 11.3 Å². The van der Waals surface area contributed by atoms with E-state index in [1.54, 1.807) is 35.2 Å². The van der Waals surface area contributed by atoms with Crippen molar-refractivity contribution in [2.24, 2.45) is 0 Å². The summed E-state index contributed by atoms with van der Waals surface area (Å²) in [6.45, 7) is 4.60. The van der Waals surface area contributed by atoms with Gasteiger partial charge in [-0.25, -0.2) is 8.42 Å². The largest absolute Gasteiger partial charge is 0.492 e. The molecule has 30 heavy (non-hydrogen) atoms. The molecule has 6 nitrogen and oxygen atoms in total. The Labute approximate surface area is 180 Å². The van der Waals surface area contributed by atoms with E-state index in [0.717, 1.165) is 16.8 Å². The summed E-state index contributed by atoms with van der Waals surface area (Å²) in [7, 11) is -3.83. The van der Waals surface area contributed by atoms with Crippen LogP contribution in [0.15, 0.2) is 58.8 Å². The van der Waals surface area contributed by atoms with Gasteiger partial charge in [0.05, 0.1) is 11.5 Å². The summed E-state index contributed by atoms with van der Waals surface area (Å²) in [6, 6.07) is 14.0. The Hall–Kier alpha value is -2.84. The van der Waals surface area contributed by atoms with Crippen LogP contribution in [0.2, 0.25) is 0 Å². The van der Waals surface area contributed by atoms with Crippen LogP contribution in [0.1, 0.15) is 27.7 Å². The predicted molar refractivity (Wildman–Crippen MR) is 119 cm³/mol. The lowest BCUT2D eigenvalue weighted by Crippen LogP contribution is -2.28. The maximum Gasteiger partial charge on any atom is 0.268 e. The van der Waals surface area contributed by atoms with E-state index in [1.807, 2.05) is 37.4 Å². The van der Waals surface area contributed by atoms with E-state index < -0.39 is 10.0 Å². The van der Waals surface area contributed by atoms with E-state index in [-0.39, 0.29) is 10.8 Å². The fraction of sp³-hybridized carbons (Fsp3) is 0.227. The molecule has 1 amide bonds. The molecule has 4 rings (SSSR count). The zero-order chi connectivity index (χ0) is 21.3. The molecule has 0 bridgehead atoms. The summed E-state index contributed by atoms with van der Waals surface area (Å²) < 4.78 is 34.2. The van der Waals surface area contributed by atoms with Gasteiger partial charge < -0.3 is 9.64 Å².